The Hall–Kier alpha value is -3.67. The molecule has 0 aliphatic heterocycles. The molecule has 8 N–H and O–H groups in total. The molecule has 0 saturated heterocycles. The molecule has 0 spiro atoms. The first-order valence-electron chi connectivity index (χ1n) is 9.35. The minimum absolute atomic E-state index is 0.00739. The van der Waals surface area contributed by atoms with Gasteiger partial charge in [0.1, 0.15) is 24.4 Å². The van der Waals surface area contributed by atoms with Gasteiger partial charge in [-0.05, 0) is 31.0 Å². The van der Waals surface area contributed by atoms with Crippen molar-refractivity contribution < 1.29 is 39.3 Å². The van der Waals surface area contributed by atoms with Gasteiger partial charge >= 0.3 is 11.9 Å². The average Bonchev–Trinajstić information content (AvgIpc) is 2.69. The number of hydrogen-bond acceptors (Lipinski definition) is 7. The summed E-state index contributed by atoms with van der Waals surface area (Å²) in [6, 6.07) is 2.33. The molecule has 12 nitrogen and oxygen atoms in total. The predicted molar refractivity (Wildman–Crippen MR) is 107 cm³/mol. The molecule has 0 bridgehead atoms. The van der Waals surface area contributed by atoms with Gasteiger partial charge in [-0.1, -0.05) is 12.1 Å². The second-order valence-electron chi connectivity index (χ2n) is 6.83. The zero-order valence-electron chi connectivity index (χ0n) is 16.8. The normalized spacial score (nSPS) is 13.4. The number of amides is 3. The Balaban J connectivity index is 3.01. The van der Waals surface area contributed by atoms with E-state index >= 15 is 0 Å². The fourth-order valence-electron chi connectivity index (χ4n) is 2.48. The lowest BCUT2D eigenvalue weighted by Gasteiger charge is -2.23. The Bertz CT molecular complexity index is 810. The van der Waals surface area contributed by atoms with Gasteiger partial charge in [0.25, 0.3) is 0 Å². The number of carbonyl (C=O) groups excluding carboxylic acids is 3. The molecule has 31 heavy (non-hydrogen) atoms. The van der Waals surface area contributed by atoms with Gasteiger partial charge in [0.2, 0.25) is 17.7 Å². The van der Waals surface area contributed by atoms with Gasteiger partial charge in [-0.3, -0.25) is 24.0 Å². The van der Waals surface area contributed by atoms with Crippen molar-refractivity contribution in [1.82, 2.24) is 16.0 Å². The van der Waals surface area contributed by atoms with Crippen LogP contribution in [0.25, 0.3) is 0 Å². The number of phenols is 1. The highest BCUT2D eigenvalue weighted by Gasteiger charge is 2.28. The van der Waals surface area contributed by atoms with Crippen molar-refractivity contribution in [1.29, 1.82) is 0 Å². The maximum absolute atomic E-state index is 12.7. The van der Waals surface area contributed by atoms with Gasteiger partial charge < -0.3 is 37.0 Å². The van der Waals surface area contributed by atoms with Crippen LogP contribution < -0.4 is 21.7 Å². The minimum Gasteiger partial charge on any atom is -0.508 e. The average molecular weight is 438 g/mol. The number of rotatable bonds is 12. The van der Waals surface area contributed by atoms with E-state index in [1.807, 2.05) is 0 Å². The van der Waals surface area contributed by atoms with Crippen molar-refractivity contribution in [3.63, 3.8) is 0 Å². The third kappa shape index (κ3) is 9.58. The molecule has 0 aromatic heterocycles. The molecule has 3 amide bonds. The summed E-state index contributed by atoms with van der Waals surface area (Å²) in [4.78, 5) is 58.7. The molecule has 0 radical (unpaired) electrons. The summed E-state index contributed by atoms with van der Waals surface area (Å²) in [5.74, 6) is -4.79. The Morgan fingerprint density at radius 1 is 0.903 bits per heavy atom. The van der Waals surface area contributed by atoms with Crippen molar-refractivity contribution in [2.24, 2.45) is 5.73 Å². The molecule has 3 atom stereocenters. The van der Waals surface area contributed by atoms with Crippen LogP contribution >= 0.6 is 0 Å². The zero-order valence-corrected chi connectivity index (χ0v) is 16.8. The van der Waals surface area contributed by atoms with Crippen LogP contribution in [-0.4, -0.2) is 69.7 Å². The molecule has 0 fully saturated rings. The summed E-state index contributed by atoms with van der Waals surface area (Å²) >= 11 is 0. The molecule has 0 heterocycles. The van der Waals surface area contributed by atoms with Gasteiger partial charge in [0.05, 0.1) is 6.04 Å². The molecule has 12 heteroatoms. The third-order valence-corrected chi connectivity index (χ3v) is 4.12. The number of carbonyl (C=O) groups is 5. The monoisotopic (exact) mass is 438 g/mol. The van der Waals surface area contributed by atoms with E-state index in [-0.39, 0.29) is 18.6 Å². The van der Waals surface area contributed by atoms with Crippen LogP contribution in [-0.2, 0) is 30.4 Å². The van der Waals surface area contributed by atoms with Crippen LogP contribution in [0, 0.1) is 0 Å². The van der Waals surface area contributed by atoms with Gasteiger partial charge in [0, 0.05) is 12.8 Å². The molecule has 0 saturated carbocycles. The first-order chi connectivity index (χ1) is 14.5. The Morgan fingerprint density at radius 2 is 1.48 bits per heavy atom. The number of carboxylic acids is 2. The van der Waals surface area contributed by atoms with Crippen LogP contribution in [0.15, 0.2) is 24.3 Å². The third-order valence-electron chi connectivity index (χ3n) is 4.12. The lowest BCUT2D eigenvalue weighted by molar-refractivity contribution is -0.138. The van der Waals surface area contributed by atoms with Crippen molar-refractivity contribution in [3.05, 3.63) is 29.8 Å². The molecular formula is C19H26N4O8. The van der Waals surface area contributed by atoms with E-state index < -0.39 is 60.8 Å². The summed E-state index contributed by atoms with van der Waals surface area (Å²) in [6.45, 7) is 0.707. The Morgan fingerprint density at radius 3 is 2.00 bits per heavy atom. The zero-order chi connectivity index (χ0) is 23.6. The van der Waals surface area contributed by atoms with Crippen LogP contribution in [0.2, 0.25) is 0 Å². The van der Waals surface area contributed by atoms with Crippen molar-refractivity contribution >= 4 is 29.7 Å². The number of aromatic hydroxyl groups is 1. The fraction of sp³-hybridized carbons (Fsp3) is 0.421. The second kappa shape index (κ2) is 12.1. The second-order valence-corrected chi connectivity index (χ2v) is 6.83. The number of phenolic OH excluding ortho intramolecular Hbond substituents is 1. The van der Waals surface area contributed by atoms with Crippen LogP contribution in [0.3, 0.4) is 0 Å². The number of nitrogens with one attached hydrogen (secondary N) is 3. The smallest absolute Gasteiger partial charge is 0.322 e. The van der Waals surface area contributed by atoms with E-state index in [1.165, 1.54) is 31.2 Å². The van der Waals surface area contributed by atoms with E-state index in [1.54, 1.807) is 0 Å². The predicted octanol–water partition coefficient (Wildman–Crippen LogP) is -1.68. The molecule has 1 aromatic carbocycles. The molecule has 170 valence electrons. The highest BCUT2D eigenvalue weighted by molar-refractivity contribution is 5.93. The van der Waals surface area contributed by atoms with E-state index in [2.05, 4.69) is 16.0 Å². The van der Waals surface area contributed by atoms with Crippen LogP contribution in [0.1, 0.15) is 25.3 Å². The Kier molecular flexibility index (Phi) is 9.92. The largest absolute Gasteiger partial charge is 0.508 e. The molecule has 0 aliphatic carbocycles. The summed E-state index contributed by atoms with van der Waals surface area (Å²) in [7, 11) is 0. The summed E-state index contributed by atoms with van der Waals surface area (Å²) in [5, 5.41) is 34.0. The van der Waals surface area contributed by atoms with Gasteiger partial charge in [-0.25, -0.2) is 0 Å². The first-order valence-corrected chi connectivity index (χ1v) is 9.35. The Labute approximate surface area is 177 Å². The quantitative estimate of drug-likeness (QED) is 0.198. The van der Waals surface area contributed by atoms with Crippen LogP contribution in [0.4, 0.5) is 0 Å². The topological polar surface area (TPSA) is 208 Å². The standard InChI is InChI=1S/C19H26N4O8/c1-10(20)17(29)22-13(6-7-15(25)26)19(31)23-14(18(30)21-9-16(27)28)8-11-2-4-12(24)5-3-11/h2-5,10,13-14,24H,6-9,20H2,1H3,(H,21,30)(H,22,29)(H,23,31)(H,25,26)(H,27,28)/t10-,13-,14-/m0/s1. The number of benzene rings is 1. The van der Waals surface area contributed by atoms with E-state index in [4.69, 9.17) is 15.9 Å². The summed E-state index contributed by atoms with van der Waals surface area (Å²) in [6.07, 6.45) is -0.724. The highest BCUT2D eigenvalue weighted by atomic mass is 16.4. The number of carboxylic acid groups (broad SMARTS) is 2. The summed E-state index contributed by atoms with van der Waals surface area (Å²) in [5.41, 5.74) is 6.02. The van der Waals surface area contributed by atoms with Crippen molar-refractivity contribution in [2.75, 3.05) is 6.54 Å². The summed E-state index contributed by atoms with van der Waals surface area (Å²) < 4.78 is 0. The van der Waals surface area contributed by atoms with Gasteiger partial charge in [-0.2, -0.15) is 0 Å². The molecule has 0 unspecified atom stereocenters. The SMILES string of the molecule is C[C@H](N)C(=O)N[C@@H](CCC(=O)O)C(=O)N[C@@H](Cc1ccc(O)cc1)C(=O)NCC(=O)O. The maximum Gasteiger partial charge on any atom is 0.322 e. The van der Waals surface area contributed by atoms with Crippen molar-refractivity contribution in [2.45, 2.75) is 44.3 Å². The van der Waals surface area contributed by atoms with Crippen LogP contribution in [0.5, 0.6) is 5.75 Å². The molecule has 1 aromatic rings. The molecular weight excluding hydrogens is 412 g/mol. The lowest BCUT2D eigenvalue weighted by atomic mass is 10.0. The number of aliphatic carboxylic acids is 2. The molecule has 0 aliphatic rings. The van der Waals surface area contributed by atoms with E-state index in [0.717, 1.165) is 0 Å². The lowest BCUT2D eigenvalue weighted by Crippen LogP contribution is -2.56. The fourth-order valence-corrected chi connectivity index (χ4v) is 2.48. The minimum atomic E-state index is -1.29. The first kappa shape index (κ1) is 25.4. The van der Waals surface area contributed by atoms with Crippen molar-refractivity contribution in [3.8, 4) is 5.75 Å². The number of nitrogens with two attached hydrogens (primary N) is 1. The molecule has 1 rings (SSSR count). The maximum atomic E-state index is 12.7. The van der Waals surface area contributed by atoms with Gasteiger partial charge in [0.15, 0.2) is 0 Å². The van der Waals surface area contributed by atoms with Gasteiger partial charge in [-0.15, -0.1) is 0 Å². The van der Waals surface area contributed by atoms with E-state index in [0.29, 0.717) is 5.56 Å². The highest BCUT2D eigenvalue weighted by Crippen LogP contribution is 2.12. The number of hydrogen-bond donors (Lipinski definition) is 7. The van der Waals surface area contributed by atoms with E-state index in [9.17, 15) is 29.1 Å².